The summed E-state index contributed by atoms with van der Waals surface area (Å²) in [5, 5.41) is 0. The maximum Gasteiger partial charge on any atom is 0.264 e. The predicted octanol–water partition coefficient (Wildman–Crippen LogP) is 4.04. The molecular weight excluding hydrogens is 363 g/mol. The van der Waals surface area contributed by atoms with Crippen LogP contribution in [0, 0.1) is 3.57 Å². The van der Waals surface area contributed by atoms with Gasteiger partial charge in [-0.15, -0.1) is 0 Å². The second kappa shape index (κ2) is 5.31. The summed E-state index contributed by atoms with van der Waals surface area (Å²) >= 11 is 2.08. The van der Waals surface area contributed by atoms with Crippen molar-refractivity contribution in [2.75, 3.05) is 0 Å². The van der Waals surface area contributed by atoms with E-state index in [2.05, 4.69) is 64.6 Å². The van der Waals surface area contributed by atoms with E-state index in [9.17, 15) is 4.79 Å². The number of hydrogen-bond acceptors (Lipinski definition) is 2. The van der Waals surface area contributed by atoms with Gasteiger partial charge in [-0.3, -0.25) is 4.79 Å². The highest BCUT2D eigenvalue weighted by atomic mass is 127. The molecule has 1 saturated carbocycles. The van der Waals surface area contributed by atoms with Crippen LogP contribution >= 0.6 is 22.6 Å². The highest BCUT2D eigenvalue weighted by Gasteiger charge is 2.23. The fourth-order valence-corrected chi connectivity index (χ4v) is 3.23. The normalized spacial score (nSPS) is 14.8. The molecule has 1 aromatic carbocycles. The lowest BCUT2D eigenvalue weighted by Crippen LogP contribution is -2.17. The van der Waals surface area contributed by atoms with E-state index >= 15 is 0 Å². The van der Waals surface area contributed by atoms with Gasteiger partial charge in [-0.25, -0.2) is 4.98 Å². The molecule has 3 nitrogen and oxygen atoms in total. The van der Waals surface area contributed by atoms with E-state index in [-0.39, 0.29) is 11.5 Å². The number of nitrogens with one attached hydrogen (secondary N) is 1. The zero-order chi connectivity index (χ0) is 14.3. The number of hydrogen-bond donors (Lipinski definition) is 1. The minimum absolute atomic E-state index is 0.0453. The van der Waals surface area contributed by atoms with E-state index in [4.69, 9.17) is 0 Å². The maximum atomic E-state index is 12.1. The summed E-state index contributed by atoms with van der Waals surface area (Å²) in [7, 11) is 0. The van der Waals surface area contributed by atoms with E-state index in [1.807, 2.05) is 6.07 Å². The summed E-state index contributed by atoms with van der Waals surface area (Å²) in [4.78, 5) is 19.6. The van der Waals surface area contributed by atoms with Gasteiger partial charge in [0.25, 0.3) is 5.56 Å². The van der Waals surface area contributed by atoms with Crippen LogP contribution in [0.15, 0.2) is 29.1 Å². The first-order chi connectivity index (χ1) is 9.56. The Bertz CT molecular complexity index is 702. The molecule has 104 valence electrons. The Balaban J connectivity index is 2.09. The molecule has 2 aromatic rings. The average Bonchev–Trinajstić information content (AvgIpc) is 3.26. The maximum absolute atomic E-state index is 12.1. The van der Waals surface area contributed by atoms with Crippen molar-refractivity contribution in [3.8, 4) is 11.4 Å². The molecule has 1 heterocycles. The molecule has 3 rings (SSSR count). The van der Waals surface area contributed by atoms with E-state index in [1.165, 1.54) is 18.4 Å². The topological polar surface area (TPSA) is 45.8 Å². The van der Waals surface area contributed by atoms with Crippen molar-refractivity contribution in [2.45, 2.75) is 38.5 Å². The molecule has 0 atom stereocenters. The number of rotatable bonds is 3. The highest BCUT2D eigenvalue weighted by Crippen LogP contribution is 2.40. The molecule has 1 fully saturated rings. The first-order valence-electron chi connectivity index (χ1n) is 6.96. The Morgan fingerprint density at radius 1 is 1.35 bits per heavy atom. The molecule has 0 aliphatic heterocycles. The molecule has 20 heavy (non-hydrogen) atoms. The van der Waals surface area contributed by atoms with Gasteiger partial charge >= 0.3 is 0 Å². The molecule has 4 heteroatoms. The van der Waals surface area contributed by atoms with E-state index < -0.39 is 0 Å². The predicted molar refractivity (Wildman–Crippen MR) is 89.1 cm³/mol. The first-order valence-corrected chi connectivity index (χ1v) is 8.04. The van der Waals surface area contributed by atoms with Crippen LogP contribution in [-0.2, 0) is 0 Å². The monoisotopic (exact) mass is 380 g/mol. The summed E-state index contributed by atoms with van der Waals surface area (Å²) in [5.74, 6) is 1.63. The number of benzene rings is 1. The van der Waals surface area contributed by atoms with Gasteiger partial charge in [-0.05, 0) is 58.9 Å². The van der Waals surface area contributed by atoms with Gasteiger partial charge in [0.2, 0.25) is 0 Å². The number of halogens is 1. The molecule has 0 amide bonds. The summed E-state index contributed by atoms with van der Waals surface area (Å²) in [6, 6.07) is 8.39. The van der Waals surface area contributed by atoms with Crippen molar-refractivity contribution in [3.63, 3.8) is 0 Å². The van der Waals surface area contributed by atoms with Gasteiger partial charge in [0.1, 0.15) is 5.82 Å². The van der Waals surface area contributed by atoms with Crippen LogP contribution in [-0.4, -0.2) is 9.97 Å². The third-order valence-corrected chi connectivity index (χ3v) is 4.69. The number of nitrogens with zero attached hydrogens (tertiary/aromatic N) is 1. The van der Waals surface area contributed by atoms with E-state index in [0.717, 1.165) is 11.3 Å². The van der Waals surface area contributed by atoms with E-state index in [1.54, 1.807) is 0 Å². The van der Waals surface area contributed by atoms with Crippen molar-refractivity contribution >= 4 is 22.6 Å². The zero-order valence-corrected chi connectivity index (χ0v) is 13.8. The molecule has 0 radical (unpaired) electrons. The fraction of sp³-hybridized carbons (Fsp3) is 0.375. The van der Waals surface area contributed by atoms with Gasteiger partial charge in [0, 0.05) is 5.56 Å². The van der Waals surface area contributed by atoms with Crippen LogP contribution in [0.5, 0.6) is 0 Å². The Morgan fingerprint density at radius 2 is 2.10 bits per heavy atom. The third kappa shape index (κ3) is 2.66. The van der Waals surface area contributed by atoms with Crippen LogP contribution in [0.1, 0.15) is 49.8 Å². The SMILES string of the molecule is CC(C)c1nc(-c2cccc(C3CC3)c2)[nH]c(=O)c1I. The zero-order valence-electron chi connectivity index (χ0n) is 11.6. The Kier molecular flexibility index (Phi) is 3.67. The smallest absolute Gasteiger partial charge is 0.264 e. The Morgan fingerprint density at radius 3 is 2.75 bits per heavy atom. The number of aromatic nitrogens is 2. The van der Waals surface area contributed by atoms with Crippen LogP contribution < -0.4 is 5.56 Å². The summed E-state index contributed by atoms with van der Waals surface area (Å²) in [5.41, 5.74) is 3.19. The average molecular weight is 380 g/mol. The lowest BCUT2D eigenvalue weighted by atomic mass is 10.1. The molecule has 0 unspecified atom stereocenters. The van der Waals surface area contributed by atoms with E-state index in [0.29, 0.717) is 15.3 Å². The lowest BCUT2D eigenvalue weighted by molar-refractivity contribution is 0.802. The van der Waals surface area contributed by atoms with Gasteiger partial charge in [0.05, 0.1) is 9.26 Å². The minimum Gasteiger partial charge on any atom is -0.306 e. The van der Waals surface area contributed by atoms with Crippen LogP contribution in [0.25, 0.3) is 11.4 Å². The number of aromatic amines is 1. The van der Waals surface area contributed by atoms with Gasteiger partial charge < -0.3 is 4.98 Å². The molecular formula is C16H17IN2O. The summed E-state index contributed by atoms with van der Waals surface area (Å²) in [6.07, 6.45) is 2.55. The van der Waals surface area contributed by atoms with Crippen molar-refractivity contribution in [1.29, 1.82) is 0 Å². The molecule has 1 aliphatic rings. The van der Waals surface area contributed by atoms with Crippen LogP contribution in [0.4, 0.5) is 0 Å². The molecule has 1 aromatic heterocycles. The lowest BCUT2D eigenvalue weighted by Gasteiger charge is -2.10. The Hall–Kier alpha value is -1.17. The molecule has 0 spiro atoms. The third-order valence-electron chi connectivity index (χ3n) is 3.64. The van der Waals surface area contributed by atoms with Gasteiger partial charge in [-0.1, -0.05) is 32.0 Å². The summed E-state index contributed by atoms with van der Waals surface area (Å²) < 4.78 is 0.694. The second-order valence-corrected chi connectivity index (χ2v) is 6.75. The van der Waals surface area contributed by atoms with Crippen molar-refractivity contribution < 1.29 is 0 Å². The van der Waals surface area contributed by atoms with Gasteiger partial charge in [0.15, 0.2) is 0 Å². The quantitative estimate of drug-likeness (QED) is 0.817. The Labute approximate surface area is 132 Å². The summed E-state index contributed by atoms with van der Waals surface area (Å²) in [6.45, 7) is 4.13. The number of H-pyrrole nitrogens is 1. The van der Waals surface area contributed by atoms with Crippen molar-refractivity contribution in [1.82, 2.24) is 9.97 Å². The first kappa shape index (κ1) is 13.8. The van der Waals surface area contributed by atoms with Gasteiger partial charge in [-0.2, -0.15) is 0 Å². The van der Waals surface area contributed by atoms with Crippen LogP contribution in [0.2, 0.25) is 0 Å². The molecule has 1 aliphatic carbocycles. The molecule has 1 N–H and O–H groups in total. The standard InChI is InChI=1S/C16H17IN2O/c1-9(2)14-13(17)16(20)19-15(18-14)12-5-3-4-11(8-12)10-6-7-10/h3-5,8-10H,6-7H2,1-2H3,(H,18,19,20). The largest absolute Gasteiger partial charge is 0.306 e. The molecule has 0 bridgehead atoms. The van der Waals surface area contributed by atoms with Crippen molar-refractivity contribution in [2.24, 2.45) is 0 Å². The minimum atomic E-state index is -0.0453. The fourth-order valence-electron chi connectivity index (χ4n) is 2.35. The molecule has 0 saturated heterocycles. The van der Waals surface area contributed by atoms with Crippen molar-refractivity contribution in [3.05, 3.63) is 49.4 Å². The second-order valence-electron chi connectivity index (χ2n) is 5.67. The van der Waals surface area contributed by atoms with Crippen LogP contribution in [0.3, 0.4) is 0 Å². The highest BCUT2D eigenvalue weighted by molar-refractivity contribution is 14.1.